The predicted molar refractivity (Wildman–Crippen MR) is 103 cm³/mol. The zero-order chi connectivity index (χ0) is 19.2. The van der Waals surface area contributed by atoms with Crippen molar-refractivity contribution in [2.45, 2.75) is 26.9 Å². The van der Waals surface area contributed by atoms with Gasteiger partial charge in [-0.3, -0.25) is 0 Å². The third-order valence-corrected chi connectivity index (χ3v) is 5.64. The standard InChI is InChI=1S/C19H16F3IN2O/c1-10-8-13(16(26)9-11(10)2)18-17(23)12(3)25(24-18)15-7-5-4-6-14(15)19(20,21)22/h4-9,26H,1-3H3. The summed E-state index contributed by atoms with van der Waals surface area (Å²) in [6.07, 6.45) is -4.48. The van der Waals surface area contributed by atoms with Gasteiger partial charge in [-0.2, -0.15) is 18.3 Å². The van der Waals surface area contributed by atoms with E-state index in [1.165, 1.54) is 16.8 Å². The second kappa shape index (κ2) is 6.61. The largest absolute Gasteiger partial charge is 0.507 e. The molecule has 26 heavy (non-hydrogen) atoms. The highest BCUT2D eigenvalue weighted by Crippen LogP contribution is 2.38. The first-order valence-corrected chi connectivity index (χ1v) is 8.91. The molecule has 3 aromatic rings. The Morgan fingerprint density at radius 3 is 2.31 bits per heavy atom. The summed E-state index contributed by atoms with van der Waals surface area (Å²) in [6, 6.07) is 8.77. The Hall–Kier alpha value is -2.03. The van der Waals surface area contributed by atoms with Crippen LogP contribution in [0.4, 0.5) is 13.2 Å². The maximum atomic E-state index is 13.4. The fraction of sp³-hybridized carbons (Fsp3) is 0.211. The number of aromatic nitrogens is 2. The van der Waals surface area contributed by atoms with Gasteiger partial charge in [0.15, 0.2) is 0 Å². The molecule has 3 nitrogen and oxygen atoms in total. The Morgan fingerprint density at radius 2 is 1.65 bits per heavy atom. The molecule has 0 radical (unpaired) electrons. The van der Waals surface area contributed by atoms with E-state index >= 15 is 0 Å². The highest BCUT2D eigenvalue weighted by molar-refractivity contribution is 14.1. The molecule has 3 rings (SSSR count). The van der Waals surface area contributed by atoms with E-state index in [4.69, 9.17) is 0 Å². The summed E-state index contributed by atoms with van der Waals surface area (Å²) in [5, 5.41) is 14.7. The van der Waals surface area contributed by atoms with Crippen LogP contribution in [0.1, 0.15) is 22.4 Å². The second-order valence-corrected chi connectivity index (χ2v) is 7.21. The molecule has 0 saturated heterocycles. The highest BCUT2D eigenvalue weighted by Gasteiger charge is 2.34. The number of benzene rings is 2. The number of rotatable bonds is 2. The summed E-state index contributed by atoms with van der Waals surface area (Å²) in [5.74, 6) is 0.0553. The average molecular weight is 472 g/mol. The van der Waals surface area contributed by atoms with Crippen LogP contribution in [0, 0.1) is 24.3 Å². The van der Waals surface area contributed by atoms with E-state index in [0.717, 1.165) is 17.2 Å². The summed E-state index contributed by atoms with van der Waals surface area (Å²) in [4.78, 5) is 0. The minimum Gasteiger partial charge on any atom is -0.507 e. The molecule has 1 N–H and O–H groups in total. The van der Waals surface area contributed by atoms with Crippen LogP contribution in [0.2, 0.25) is 0 Å². The monoisotopic (exact) mass is 472 g/mol. The number of aryl methyl sites for hydroxylation is 2. The van der Waals surface area contributed by atoms with Crippen molar-refractivity contribution in [3.05, 3.63) is 62.4 Å². The number of alkyl halides is 3. The number of hydrogen-bond acceptors (Lipinski definition) is 2. The van der Waals surface area contributed by atoms with E-state index in [2.05, 4.69) is 27.7 Å². The maximum Gasteiger partial charge on any atom is 0.418 e. The molecule has 0 bridgehead atoms. The first kappa shape index (κ1) is 18.8. The number of para-hydroxylation sites is 1. The van der Waals surface area contributed by atoms with Crippen LogP contribution in [0.5, 0.6) is 5.75 Å². The summed E-state index contributed by atoms with van der Waals surface area (Å²) in [7, 11) is 0. The predicted octanol–water partition coefficient (Wildman–Crippen LogP) is 5.79. The van der Waals surface area contributed by atoms with Crippen LogP contribution >= 0.6 is 22.6 Å². The third-order valence-electron chi connectivity index (χ3n) is 4.35. The van der Waals surface area contributed by atoms with Gasteiger partial charge in [0.2, 0.25) is 0 Å². The lowest BCUT2D eigenvalue weighted by Crippen LogP contribution is -2.12. The van der Waals surface area contributed by atoms with Crippen LogP contribution in [-0.4, -0.2) is 14.9 Å². The Balaban J connectivity index is 2.24. The zero-order valence-electron chi connectivity index (χ0n) is 14.3. The fourth-order valence-corrected chi connectivity index (χ4v) is 3.41. The van der Waals surface area contributed by atoms with Crippen LogP contribution in [0.3, 0.4) is 0 Å². The summed E-state index contributed by atoms with van der Waals surface area (Å²) < 4.78 is 42.1. The Morgan fingerprint density at radius 1 is 1.04 bits per heavy atom. The average Bonchev–Trinajstić information content (AvgIpc) is 2.86. The molecule has 0 unspecified atom stereocenters. The molecule has 0 atom stereocenters. The van der Waals surface area contributed by atoms with Crippen molar-refractivity contribution >= 4 is 22.6 Å². The fourth-order valence-electron chi connectivity index (χ4n) is 2.78. The molecule has 1 aromatic heterocycles. The molecule has 2 aromatic carbocycles. The Bertz CT molecular complexity index is 993. The van der Waals surface area contributed by atoms with Crippen LogP contribution < -0.4 is 0 Å². The Labute approximate surface area is 162 Å². The van der Waals surface area contributed by atoms with E-state index in [1.54, 1.807) is 25.1 Å². The molecule has 7 heteroatoms. The maximum absolute atomic E-state index is 13.4. The summed E-state index contributed by atoms with van der Waals surface area (Å²) in [5.41, 5.74) is 2.65. The van der Waals surface area contributed by atoms with Gasteiger partial charge in [0.25, 0.3) is 0 Å². The van der Waals surface area contributed by atoms with Crippen molar-refractivity contribution in [3.8, 4) is 22.7 Å². The molecule has 0 aliphatic heterocycles. The number of nitrogens with zero attached hydrogens (tertiary/aromatic N) is 2. The molecular formula is C19H16F3IN2O. The molecule has 0 saturated carbocycles. The minimum atomic E-state index is -4.48. The van der Waals surface area contributed by atoms with Crippen LogP contribution in [0.25, 0.3) is 16.9 Å². The molecular weight excluding hydrogens is 456 g/mol. The molecule has 0 aliphatic rings. The Kier molecular flexibility index (Phi) is 4.76. The van der Waals surface area contributed by atoms with Crippen molar-refractivity contribution in [2.75, 3.05) is 0 Å². The molecule has 1 heterocycles. The van der Waals surface area contributed by atoms with E-state index in [9.17, 15) is 18.3 Å². The van der Waals surface area contributed by atoms with Gasteiger partial charge in [-0.25, -0.2) is 4.68 Å². The summed E-state index contributed by atoms with van der Waals surface area (Å²) >= 11 is 2.05. The van der Waals surface area contributed by atoms with Gasteiger partial charge in [0, 0.05) is 5.56 Å². The van der Waals surface area contributed by atoms with E-state index in [-0.39, 0.29) is 11.4 Å². The lowest BCUT2D eigenvalue weighted by atomic mass is 10.0. The smallest absolute Gasteiger partial charge is 0.418 e. The molecule has 0 aliphatic carbocycles. The van der Waals surface area contributed by atoms with Crippen LogP contribution in [0.15, 0.2) is 36.4 Å². The van der Waals surface area contributed by atoms with Gasteiger partial charge in [-0.15, -0.1) is 0 Å². The normalized spacial score (nSPS) is 11.8. The van der Waals surface area contributed by atoms with Crippen molar-refractivity contribution in [1.82, 2.24) is 9.78 Å². The lowest BCUT2D eigenvalue weighted by Gasteiger charge is -2.13. The molecule has 0 amide bonds. The van der Waals surface area contributed by atoms with Gasteiger partial charge in [0.1, 0.15) is 11.4 Å². The van der Waals surface area contributed by atoms with Gasteiger partial charge < -0.3 is 5.11 Å². The minimum absolute atomic E-state index is 0.0370. The van der Waals surface area contributed by atoms with Crippen molar-refractivity contribution in [2.24, 2.45) is 0 Å². The molecule has 0 spiro atoms. The van der Waals surface area contributed by atoms with Crippen LogP contribution in [-0.2, 0) is 6.18 Å². The van der Waals surface area contributed by atoms with Gasteiger partial charge in [-0.05, 0) is 78.8 Å². The van der Waals surface area contributed by atoms with Gasteiger partial charge in [0.05, 0.1) is 20.5 Å². The second-order valence-electron chi connectivity index (χ2n) is 6.13. The van der Waals surface area contributed by atoms with Gasteiger partial charge in [-0.1, -0.05) is 12.1 Å². The van der Waals surface area contributed by atoms with E-state index in [0.29, 0.717) is 20.5 Å². The first-order valence-electron chi connectivity index (χ1n) is 7.83. The van der Waals surface area contributed by atoms with E-state index in [1.807, 2.05) is 13.8 Å². The number of phenols is 1. The molecule has 0 fully saturated rings. The van der Waals surface area contributed by atoms with E-state index < -0.39 is 11.7 Å². The highest BCUT2D eigenvalue weighted by atomic mass is 127. The SMILES string of the molecule is Cc1cc(O)c(-c2nn(-c3ccccc3C(F)(F)F)c(C)c2I)cc1C. The lowest BCUT2D eigenvalue weighted by molar-refractivity contribution is -0.137. The van der Waals surface area contributed by atoms with Crippen molar-refractivity contribution in [3.63, 3.8) is 0 Å². The van der Waals surface area contributed by atoms with Crippen molar-refractivity contribution in [1.29, 1.82) is 0 Å². The number of aromatic hydroxyl groups is 1. The topological polar surface area (TPSA) is 38.1 Å². The van der Waals surface area contributed by atoms with Crippen molar-refractivity contribution < 1.29 is 18.3 Å². The third kappa shape index (κ3) is 3.20. The first-order chi connectivity index (χ1) is 12.1. The summed E-state index contributed by atoms with van der Waals surface area (Å²) in [6.45, 7) is 5.50. The number of hydrogen-bond donors (Lipinski definition) is 1. The molecule has 136 valence electrons. The number of halogens is 4. The zero-order valence-corrected chi connectivity index (χ0v) is 16.5. The number of phenolic OH excluding ortho intramolecular Hbond substituents is 1. The quantitative estimate of drug-likeness (QED) is 0.480. The van der Waals surface area contributed by atoms with Gasteiger partial charge >= 0.3 is 6.18 Å².